The van der Waals surface area contributed by atoms with Crippen LogP contribution in [0, 0.1) is 5.92 Å². The van der Waals surface area contributed by atoms with Crippen LogP contribution < -0.4 is 11.1 Å². The lowest BCUT2D eigenvalue weighted by Gasteiger charge is -2.07. The Kier molecular flexibility index (Phi) is 4.94. The summed E-state index contributed by atoms with van der Waals surface area (Å²) in [6.45, 7) is 5.00. The number of carbonyl (C=O) groups is 1. The molecule has 0 aromatic carbocycles. The predicted octanol–water partition coefficient (Wildman–Crippen LogP) is 0.107. The van der Waals surface area contributed by atoms with Crippen LogP contribution in [-0.2, 0) is 4.79 Å². The van der Waals surface area contributed by atoms with Gasteiger partial charge in [-0.15, -0.1) is 0 Å². The molecule has 0 aliphatic heterocycles. The van der Waals surface area contributed by atoms with Gasteiger partial charge in [-0.05, 0) is 6.42 Å². The largest absolute Gasteiger partial charge is 0.355 e. The van der Waals surface area contributed by atoms with Crippen molar-refractivity contribution in [1.82, 2.24) is 5.32 Å². The fraction of sp³-hybridized carbons (Fsp3) is 0.857. The zero-order valence-corrected chi connectivity index (χ0v) is 6.68. The van der Waals surface area contributed by atoms with Crippen molar-refractivity contribution in [2.75, 3.05) is 13.1 Å². The summed E-state index contributed by atoms with van der Waals surface area (Å²) in [6, 6.07) is 0. The van der Waals surface area contributed by atoms with E-state index in [0.29, 0.717) is 13.1 Å². The van der Waals surface area contributed by atoms with Crippen LogP contribution >= 0.6 is 0 Å². The van der Waals surface area contributed by atoms with Crippen LogP contribution in [0.2, 0.25) is 0 Å². The number of rotatable bonds is 4. The Labute approximate surface area is 62.0 Å². The highest BCUT2D eigenvalue weighted by molar-refractivity contribution is 5.78. The lowest BCUT2D eigenvalue weighted by Crippen LogP contribution is -2.32. The minimum absolute atomic E-state index is 0.105. The predicted molar refractivity (Wildman–Crippen MR) is 41.5 cm³/mol. The van der Waals surface area contributed by atoms with Gasteiger partial charge >= 0.3 is 0 Å². The van der Waals surface area contributed by atoms with Crippen molar-refractivity contribution in [3.05, 3.63) is 0 Å². The van der Waals surface area contributed by atoms with Crippen LogP contribution in [0.4, 0.5) is 0 Å². The molecule has 0 rings (SSSR count). The Morgan fingerprint density at radius 3 is 2.70 bits per heavy atom. The molecule has 0 saturated heterocycles. The second-order valence-electron chi connectivity index (χ2n) is 2.39. The summed E-state index contributed by atoms with van der Waals surface area (Å²) in [4.78, 5) is 11.0. The number of nitrogens with two attached hydrogens (primary N) is 1. The first-order chi connectivity index (χ1) is 4.72. The Bertz CT molecular complexity index is 104. The maximum absolute atomic E-state index is 11.0. The van der Waals surface area contributed by atoms with Gasteiger partial charge in [0.05, 0.1) is 0 Å². The first-order valence-corrected chi connectivity index (χ1v) is 3.70. The highest BCUT2D eigenvalue weighted by atomic mass is 16.1. The minimum atomic E-state index is 0.105. The molecule has 1 atom stereocenters. The lowest BCUT2D eigenvalue weighted by molar-refractivity contribution is -0.124. The zero-order chi connectivity index (χ0) is 7.98. The Balaban J connectivity index is 3.42. The van der Waals surface area contributed by atoms with Crippen LogP contribution in [0.25, 0.3) is 0 Å². The molecule has 0 fully saturated rings. The smallest absolute Gasteiger partial charge is 0.222 e. The summed E-state index contributed by atoms with van der Waals surface area (Å²) >= 11 is 0. The summed E-state index contributed by atoms with van der Waals surface area (Å²) in [6.07, 6.45) is 0.885. The molecule has 0 heterocycles. The third kappa shape index (κ3) is 3.45. The Morgan fingerprint density at radius 2 is 2.30 bits per heavy atom. The van der Waals surface area contributed by atoms with Crippen LogP contribution in [0.5, 0.6) is 0 Å². The van der Waals surface area contributed by atoms with Crippen LogP contribution in [-0.4, -0.2) is 19.0 Å². The number of amides is 1. The summed E-state index contributed by atoms with van der Waals surface area (Å²) in [5.74, 6) is 0.222. The van der Waals surface area contributed by atoms with Gasteiger partial charge in [0.2, 0.25) is 5.91 Å². The van der Waals surface area contributed by atoms with E-state index in [2.05, 4.69) is 5.32 Å². The summed E-state index contributed by atoms with van der Waals surface area (Å²) in [5, 5.41) is 2.72. The van der Waals surface area contributed by atoms with Crippen molar-refractivity contribution in [3.63, 3.8) is 0 Å². The first-order valence-electron chi connectivity index (χ1n) is 3.70. The third-order valence-corrected chi connectivity index (χ3v) is 1.50. The molecule has 0 spiro atoms. The maximum atomic E-state index is 11.0. The molecule has 0 aliphatic rings. The van der Waals surface area contributed by atoms with Gasteiger partial charge in [0.25, 0.3) is 0 Å². The molecule has 0 saturated carbocycles. The van der Waals surface area contributed by atoms with Crippen LogP contribution in [0.1, 0.15) is 20.3 Å². The van der Waals surface area contributed by atoms with Crippen molar-refractivity contribution < 1.29 is 4.79 Å². The second-order valence-corrected chi connectivity index (χ2v) is 2.39. The zero-order valence-electron chi connectivity index (χ0n) is 6.68. The molecule has 0 radical (unpaired) electrons. The maximum Gasteiger partial charge on any atom is 0.222 e. The topological polar surface area (TPSA) is 55.1 Å². The van der Waals surface area contributed by atoms with Crippen LogP contribution in [0.3, 0.4) is 0 Å². The van der Waals surface area contributed by atoms with E-state index in [1.807, 2.05) is 13.8 Å². The van der Waals surface area contributed by atoms with Gasteiger partial charge in [-0.3, -0.25) is 4.79 Å². The van der Waals surface area contributed by atoms with Gasteiger partial charge in [-0.2, -0.15) is 0 Å². The van der Waals surface area contributed by atoms with Crippen LogP contribution in [0.15, 0.2) is 0 Å². The average molecular weight is 144 g/mol. The van der Waals surface area contributed by atoms with E-state index in [0.717, 1.165) is 6.42 Å². The molecule has 60 valence electrons. The number of hydrogen-bond donors (Lipinski definition) is 2. The Morgan fingerprint density at radius 1 is 1.70 bits per heavy atom. The molecule has 1 unspecified atom stereocenters. The van der Waals surface area contributed by atoms with Gasteiger partial charge < -0.3 is 11.1 Å². The van der Waals surface area contributed by atoms with E-state index < -0.39 is 0 Å². The highest BCUT2D eigenvalue weighted by Gasteiger charge is 2.07. The van der Waals surface area contributed by atoms with Gasteiger partial charge in [-0.25, -0.2) is 0 Å². The van der Waals surface area contributed by atoms with E-state index >= 15 is 0 Å². The fourth-order valence-electron chi connectivity index (χ4n) is 0.555. The van der Waals surface area contributed by atoms with E-state index in [1.54, 1.807) is 0 Å². The molecule has 3 heteroatoms. The van der Waals surface area contributed by atoms with Crippen molar-refractivity contribution in [3.8, 4) is 0 Å². The van der Waals surface area contributed by atoms with Crippen molar-refractivity contribution >= 4 is 5.91 Å². The SMILES string of the molecule is CCC(C)C(=O)NCCN. The molecular weight excluding hydrogens is 128 g/mol. The number of nitrogens with one attached hydrogen (secondary N) is 1. The molecule has 10 heavy (non-hydrogen) atoms. The van der Waals surface area contributed by atoms with Crippen molar-refractivity contribution in [2.45, 2.75) is 20.3 Å². The standard InChI is InChI=1S/C7H16N2O/c1-3-6(2)7(10)9-5-4-8/h6H,3-5,8H2,1-2H3,(H,9,10). The average Bonchev–Trinajstić information content (AvgIpc) is 1.98. The molecule has 0 aromatic rings. The molecular formula is C7H16N2O. The fourth-order valence-corrected chi connectivity index (χ4v) is 0.555. The molecule has 3 nitrogen and oxygen atoms in total. The normalized spacial score (nSPS) is 12.7. The summed E-state index contributed by atoms with van der Waals surface area (Å²) in [7, 11) is 0. The summed E-state index contributed by atoms with van der Waals surface area (Å²) < 4.78 is 0. The summed E-state index contributed by atoms with van der Waals surface area (Å²) in [5.41, 5.74) is 5.20. The van der Waals surface area contributed by atoms with Gasteiger partial charge in [0.1, 0.15) is 0 Å². The molecule has 0 aromatic heterocycles. The Hall–Kier alpha value is -0.570. The second kappa shape index (κ2) is 5.23. The molecule has 0 bridgehead atoms. The third-order valence-electron chi connectivity index (χ3n) is 1.50. The van der Waals surface area contributed by atoms with Gasteiger partial charge in [0, 0.05) is 19.0 Å². The quantitative estimate of drug-likeness (QED) is 0.588. The first kappa shape index (κ1) is 9.43. The molecule has 3 N–H and O–H groups in total. The van der Waals surface area contributed by atoms with E-state index in [9.17, 15) is 4.79 Å². The lowest BCUT2D eigenvalue weighted by atomic mass is 10.1. The molecule has 0 aliphatic carbocycles. The minimum Gasteiger partial charge on any atom is -0.355 e. The number of hydrogen-bond acceptors (Lipinski definition) is 2. The van der Waals surface area contributed by atoms with Crippen molar-refractivity contribution in [1.29, 1.82) is 0 Å². The highest BCUT2D eigenvalue weighted by Crippen LogP contribution is 1.98. The molecule has 1 amide bonds. The van der Waals surface area contributed by atoms with E-state index in [1.165, 1.54) is 0 Å². The number of carbonyl (C=O) groups excluding carboxylic acids is 1. The van der Waals surface area contributed by atoms with Gasteiger partial charge in [0.15, 0.2) is 0 Å². The van der Waals surface area contributed by atoms with Crippen molar-refractivity contribution in [2.24, 2.45) is 11.7 Å². The van der Waals surface area contributed by atoms with E-state index in [-0.39, 0.29) is 11.8 Å². The monoisotopic (exact) mass is 144 g/mol. The van der Waals surface area contributed by atoms with E-state index in [4.69, 9.17) is 5.73 Å². The van der Waals surface area contributed by atoms with Gasteiger partial charge in [-0.1, -0.05) is 13.8 Å².